The normalized spacial score (nSPS) is 11.8. The minimum Gasteiger partial charge on any atom is -0.357 e. The Labute approximate surface area is 142 Å². The Kier molecular flexibility index (Phi) is 6.77. The van der Waals surface area contributed by atoms with Gasteiger partial charge in [-0.05, 0) is 40.2 Å². The molecule has 0 aliphatic rings. The molecule has 8 heteroatoms. The van der Waals surface area contributed by atoms with Crippen LogP contribution >= 0.6 is 0 Å². The van der Waals surface area contributed by atoms with Crippen LogP contribution in [0.25, 0.3) is 0 Å². The lowest BCUT2D eigenvalue weighted by molar-refractivity contribution is 0.374. The second kappa shape index (κ2) is 9.05. The van der Waals surface area contributed by atoms with Gasteiger partial charge in [-0.15, -0.1) is 0 Å². The van der Waals surface area contributed by atoms with Crippen molar-refractivity contribution in [2.24, 2.45) is 4.99 Å². The van der Waals surface area contributed by atoms with E-state index in [2.05, 4.69) is 50.8 Å². The van der Waals surface area contributed by atoms with Crippen LogP contribution in [0, 0.1) is 20.8 Å². The average molecular weight is 333 g/mol. The summed E-state index contributed by atoms with van der Waals surface area (Å²) in [7, 11) is 0. The third-order valence-electron chi connectivity index (χ3n) is 3.45. The number of guanidine groups is 1. The molecule has 2 aromatic heterocycles. The molecule has 0 fully saturated rings. The summed E-state index contributed by atoms with van der Waals surface area (Å²) in [6.07, 6.45) is 1.62. The van der Waals surface area contributed by atoms with Crippen molar-refractivity contribution in [3.8, 4) is 0 Å². The van der Waals surface area contributed by atoms with Gasteiger partial charge in [0.25, 0.3) is 0 Å². The lowest BCUT2D eigenvalue weighted by Gasteiger charge is -2.10. The predicted octanol–water partition coefficient (Wildman–Crippen LogP) is 1.38. The molecule has 0 atom stereocenters. The first-order valence-corrected chi connectivity index (χ1v) is 8.41. The number of aliphatic imine (C=N–C) groups is 1. The van der Waals surface area contributed by atoms with Gasteiger partial charge in [0, 0.05) is 38.3 Å². The van der Waals surface area contributed by atoms with Crippen LogP contribution in [0.2, 0.25) is 0 Å². The molecule has 24 heavy (non-hydrogen) atoms. The van der Waals surface area contributed by atoms with E-state index in [0.29, 0.717) is 24.7 Å². The maximum atomic E-state index is 5.10. The zero-order chi connectivity index (χ0) is 17.4. The summed E-state index contributed by atoms with van der Waals surface area (Å²) in [4.78, 5) is 8.77. The highest BCUT2D eigenvalue weighted by atomic mass is 16.5. The smallest absolute Gasteiger partial charge is 0.228 e. The summed E-state index contributed by atoms with van der Waals surface area (Å²) in [5.41, 5.74) is 2.25. The topological polar surface area (TPSA) is 93.2 Å². The molecule has 0 radical (unpaired) electrons. The second-order valence-electron chi connectivity index (χ2n) is 5.68. The number of aryl methyl sites for hydroxylation is 4. The number of nitrogens with zero attached hydrogens (tertiary/aromatic N) is 5. The largest absolute Gasteiger partial charge is 0.357 e. The molecule has 0 spiro atoms. The van der Waals surface area contributed by atoms with E-state index in [4.69, 9.17) is 4.52 Å². The zero-order valence-electron chi connectivity index (χ0n) is 15.0. The number of aromatic nitrogens is 4. The maximum Gasteiger partial charge on any atom is 0.228 e. The van der Waals surface area contributed by atoms with E-state index in [1.807, 2.05) is 18.5 Å². The van der Waals surface area contributed by atoms with Crippen LogP contribution < -0.4 is 10.6 Å². The zero-order valence-corrected chi connectivity index (χ0v) is 15.0. The summed E-state index contributed by atoms with van der Waals surface area (Å²) < 4.78 is 7.13. The van der Waals surface area contributed by atoms with Gasteiger partial charge in [0.05, 0.1) is 5.69 Å². The van der Waals surface area contributed by atoms with Crippen LogP contribution in [-0.4, -0.2) is 45.5 Å². The highest BCUT2D eigenvalue weighted by molar-refractivity contribution is 5.79. The molecular weight excluding hydrogens is 306 g/mol. The predicted molar refractivity (Wildman–Crippen MR) is 93.0 cm³/mol. The molecule has 0 unspecified atom stereocenters. The van der Waals surface area contributed by atoms with Crippen molar-refractivity contribution in [2.75, 3.05) is 19.6 Å². The van der Waals surface area contributed by atoms with E-state index in [-0.39, 0.29) is 0 Å². The summed E-state index contributed by atoms with van der Waals surface area (Å²) in [6.45, 7) is 11.1. The van der Waals surface area contributed by atoms with Crippen LogP contribution in [0.15, 0.2) is 15.6 Å². The third kappa shape index (κ3) is 5.68. The molecule has 2 N–H and O–H groups in total. The second-order valence-corrected chi connectivity index (χ2v) is 5.68. The van der Waals surface area contributed by atoms with E-state index in [1.165, 1.54) is 5.69 Å². The van der Waals surface area contributed by atoms with Crippen molar-refractivity contribution in [2.45, 2.75) is 47.1 Å². The number of rotatable bonds is 8. The Bertz CT molecular complexity index is 659. The highest BCUT2D eigenvalue weighted by Crippen LogP contribution is 2.02. The van der Waals surface area contributed by atoms with Crippen molar-refractivity contribution < 1.29 is 4.52 Å². The summed E-state index contributed by atoms with van der Waals surface area (Å²) in [5.74, 6) is 2.11. The Hall–Kier alpha value is -2.38. The van der Waals surface area contributed by atoms with Crippen molar-refractivity contribution >= 4 is 5.96 Å². The molecule has 2 aromatic rings. The maximum absolute atomic E-state index is 5.10. The summed E-state index contributed by atoms with van der Waals surface area (Å²) in [6, 6.07) is 2.09. The molecular formula is C16H27N7O. The van der Waals surface area contributed by atoms with Gasteiger partial charge < -0.3 is 15.2 Å². The van der Waals surface area contributed by atoms with Crippen molar-refractivity contribution in [1.29, 1.82) is 0 Å². The van der Waals surface area contributed by atoms with Crippen molar-refractivity contribution in [3.05, 3.63) is 29.2 Å². The fourth-order valence-corrected chi connectivity index (χ4v) is 2.38. The molecule has 0 saturated heterocycles. The minimum absolute atomic E-state index is 0.639. The Morgan fingerprint density at radius 1 is 1.29 bits per heavy atom. The van der Waals surface area contributed by atoms with Gasteiger partial charge in [-0.25, -0.2) is 0 Å². The molecule has 132 valence electrons. The fraction of sp³-hybridized carbons (Fsp3) is 0.625. The van der Waals surface area contributed by atoms with E-state index >= 15 is 0 Å². The fourth-order valence-electron chi connectivity index (χ4n) is 2.38. The molecule has 0 bridgehead atoms. The van der Waals surface area contributed by atoms with Gasteiger partial charge in [-0.1, -0.05) is 5.16 Å². The first-order chi connectivity index (χ1) is 11.6. The Morgan fingerprint density at radius 3 is 2.75 bits per heavy atom. The monoisotopic (exact) mass is 333 g/mol. The minimum atomic E-state index is 0.639. The van der Waals surface area contributed by atoms with Crippen LogP contribution in [0.3, 0.4) is 0 Å². The van der Waals surface area contributed by atoms with Crippen LogP contribution in [-0.2, 0) is 13.0 Å². The van der Waals surface area contributed by atoms with Crippen LogP contribution in [0.4, 0.5) is 0 Å². The SMILES string of the molecule is CCNC(=NCCCn1nc(C)cc1C)NCCc1nc(C)no1. The van der Waals surface area contributed by atoms with Crippen molar-refractivity contribution in [3.63, 3.8) is 0 Å². The Morgan fingerprint density at radius 2 is 2.12 bits per heavy atom. The van der Waals surface area contributed by atoms with E-state index in [1.54, 1.807) is 0 Å². The van der Waals surface area contributed by atoms with Gasteiger partial charge in [-0.2, -0.15) is 10.1 Å². The van der Waals surface area contributed by atoms with Gasteiger partial charge in [0.1, 0.15) is 0 Å². The molecule has 0 saturated carbocycles. The van der Waals surface area contributed by atoms with Crippen molar-refractivity contribution in [1.82, 2.24) is 30.6 Å². The molecule has 0 amide bonds. The first-order valence-electron chi connectivity index (χ1n) is 8.41. The lowest BCUT2D eigenvalue weighted by Crippen LogP contribution is -2.38. The summed E-state index contributed by atoms with van der Waals surface area (Å²) >= 11 is 0. The van der Waals surface area contributed by atoms with E-state index < -0.39 is 0 Å². The number of hydrogen-bond donors (Lipinski definition) is 2. The van der Waals surface area contributed by atoms with Gasteiger partial charge in [0.2, 0.25) is 5.89 Å². The van der Waals surface area contributed by atoms with E-state index in [0.717, 1.165) is 37.7 Å². The number of nitrogens with one attached hydrogen (secondary N) is 2. The van der Waals surface area contributed by atoms with Gasteiger partial charge in [-0.3, -0.25) is 9.67 Å². The average Bonchev–Trinajstić information content (AvgIpc) is 3.08. The molecule has 0 aliphatic carbocycles. The summed E-state index contributed by atoms with van der Waals surface area (Å²) in [5, 5.41) is 14.8. The van der Waals surface area contributed by atoms with Crippen LogP contribution in [0.5, 0.6) is 0 Å². The Balaban J connectivity index is 1.74. The van der Waals surface area contributed by atoms with E-state index in [9.17, 15) is 0 Å². The molecule has 8 nitrogen and oxygen atoms in total. The highest BCUT2D eigenvalue weighted by Gasteiger charge is 2.04. The molecule has 0 aromatic carbocycles. The number of hydrogen-bond acceptors (Lipinski definition) is 5. The van der Waals surface area contributed by atoms with Gasteiger partial charge >= 0.3 is 0 Å². The third-order valence-corrected chi connectivity index (χ3v) is 3.45. The first kappa shape index (κ1) is 18.0. The molecule has 2 rings (SSSR count). The standard InChI is InChI=1S/C16H27N7O/c1-5-17-16(19-9-7-15-20-14(4)22-24-15)18-8-6-10-23-13(3)11-12(2)21-23/h11H,5-10H2,1-4H3,(H2,17,18,19). The van der Waals surface area contributed by atoms with Gasteiger partial charge in [0.15, 0.2) is 11.8 Å². The lowest BCUT2D eigenvalue weighted by atomic mass is 10.4. The van der Waals surface area contributed by atoms with Crippen LogP contribution in [0.1, 0.15) is 36.4 Å². The molecule has 0 aliphatic heterocycles. The quantitative estimate of drug-likeness (QED) is 0.431. The molecule has 2 heterocycles.